The summed E-state index contributed by atoms with van der Waals surface area (Å²) in [7, 11) is 1.45. The molecule has 1 N–H and O–H groups in total. The third kappa shape index (κ3) is 46.9. The summed E-state index contributed by atoms with van der Waals surface area (Å²) in [6, 6.07) is 0. The normalized spacial score (nSPS) is 14.1. The Kier molecular flexibility index (Phi) is 41.9. The van der Waals surface area contributed by atoms with Crippen LogP contribution in [0.4, 0.5) is 0 Å². The van der Waals surface area contributed by atoms with Gasteiger partial charge in [0, 0.05) is 12.8 Å². The molecule has 0 rings (SSSR count). The van der Waals surface area contributed by atoms with Crippen LogP contribution in [-0.4, -0.2) is 74.9 Å². The molecule has 0 saturated heterocycles. The Morgan fingerprint density at radius 3 is 1.31 bits per heavy atom. The molecule has 9 nitrogen and oxygen atoms in total. The average Bonchev–Trinajstić information content (AvgIpc) is 3.23. The summed E-state index contributed by atoms with van der Waals surface area (Å²) in [5, 5.41) is 0. The van der Waals surface area contributed by atoms with Crippen molar-refractivity contribution in [2.24, 2.45) is 0 Å². The summed E-state index contributed by atoms with van der Waals surface area (Å²) in [5.74, 6) is -0.842. The van der Waals surface area contributed by atoms with Gasteiger partial charge in [-0.05, 0) is 89.9 Å². The van der Waals surface area contributed by atoms with Crippen LogP contribution in [-0.2, 0) is 32.7 Å². The monoisotopic (exact) mass is 891 g/mol. The van der Waals surface area contributed by atoms with E-state index in [0.29, 0.717) is 23.9 Å². The Morgan fingerprint density at radius 2 is 0.871 bits per heavy atom. The number of hydrogen-bond donors (Lipinski definition) is 1. The molecule has 358 valence electrons. The minimum Gasteiger partial charge on any atom is -0.462 e. The highest BCUT2D eigenvalue weighted by atomic mass is 31.2. The lowest BCUT2D eigenvalue weighted by molar-refractivity contribution is -0.870. The fourth-order valence-electron chi connectivity index (χ4n) is 6.32. The number of quaternary nitrogens is 1. The standard InChI is InChI=1S/C52H92NO8P/c1-6-8-10-12-14-16-18-20-22-24-26-28-30-32-34-36-38-40-42-44-51(54)58-48-50(49-60-62(56,57)59-47-46-53(3,4)5)61-52(55)45-43-41-39-37-35-33-31-29-27-25-23-21-19-17-15-13-11-9-7-2/h14-17,20-23,26,28,32,34,50H,6-13,18-19,24-25,27,29-31,33,35-49H2,1-5H3/p+1/b16-14-,17-15-,22-20-,23-21-,28-26-,34-32-/t50-/m1/s1. The van der Waals surface area contributed by atoms with Crippen LogP contribution < -0.4 is 0 Å². The van der Waals surface area contributed by atoms with Crippen molar-refractivity contribution in [2.45, 2.75) is 200 Å². The molecule has 0 aliphatic rings. The van der Waals surface area contributed by atoms with Crippen molar-refractivity contribution < 1.29 is 42.1 Å². The molecule has 2 atom stereocenters. The molecule has 0 radical (unpaired) electrons. The number of rotatable bonds is 44. The third-order valence-electron chi connectivity index (χ3n) is 10.2. The second-order valence-corrected chi connectivity index (χ2v) is 18.9. The number of likely N-dealkylation sites (N-methyl/N-ethyl adjacent to an activating group) is 1. The molecule has 0 spiro atoms. The topological polar surface area (TPSA) is 108 Å². The lowest BCUT2D eigenvalue weighted by atomic mass is 10.1. The average molecular weight is 891 g/mol. The summed E-state index contributed by atoms with van der Waals surface area (Å²) in [5.41, 5.74) is 0. The quantitative estimate of drug-likeness (QED) is 0.0212. The molecule has 0 aliphatic carbocycles. The van der Waals surface area contributed by atoms with E-state index in [4.69, 9.17) is 18.5 Å². The molecular weight excluding hydrogens is 798 g/mol. The van der Waals surface area contributed by atoms with Gasteiger partial charge in [0.25, 0.3) is 0 Å². The maximum atomic E-state index is 12.7. The summed E-state index contributed by atoms with van der Waals surface area (Å²) in [4.78, 5) is 35.5. The number of unbranched alkanes of at least 4 members (excludes halogenated alkanes) is 18. The van der Waals surface area contributed by atoms with Crippen molar-refractivity contribution in [3.63, 3.8) is 0 Å². The van der Waals surface area contributed by atoms with Gasteiger partial charge in [-0.25, -0.2) is 4.57 Å². The minimum atomic E-state index is -4.39. The van der Waals surface area contributed by atoms with E-state index in [1.807, 2.05) is 21.1 Å². The van der Waals surface area contributed by atoms with Gasteiger partial charge in [-0.3, -0.25) is 18.6 Å². The van der Waals surface area contributed by atoms with E-state index in [-0.39, 0.29) is 26.1 Å². The van der Waals surface area contributed by atoms with Crippen molar-refractivity contribution in [1.29, 1.82) is 0 Å². The largest absolute Gasteiger partial charge is 0.472 e. The number of hydrogen-bond acceptors (Lipinski definition) is 7. The van der Waals surface area contributed by atoms with Gasteiger partial charge in [0.05, 0.1) is 27.7 Å². The van der Waals surface area contributed by atoms with Crippen molar-refractivity contribution in [3.8, 4) is 0 Å². The first-order valence-electron chi connectivity index (χ1n) is 24.7. The van der Waals surface area contributed by atoms with Gasteiger partial charge in [0.2, 0.25) is 0 Å². The zero-order chi connectivity index (χ0) is 45.7. The molecule has 0 aromatic rings. The second kappa shape index (κ2) is 43.7. The Balaban J connectivity index is 4.37. The Bertz CT molecular complexity index is 1280. The Labute approximate surface area is 380 Å². The predicted molar refractivity (Wildman–Crippen MR) is 261 cm³/mol. The van der Waals surface area contributed by atoms with E-state index in [1.54, 1.807) is 0 Å². The van der Waals surface area contributed by atoms with Crippen LogP contribution in [0.5, 0.6) is 0 Å². The summed E-state index contributed by atoms with van der Waals surface area (Å²) >= 11 is 0. The van der Waals surface area contributed by atoms with Crippen LogP contribution in [0.25, 0.3) is 0 Å². The molecule has 0 fully saturated rings. The lowest BCUT2D eigenvalue weighted by Crippen LogP contribution is -2.37. The Hall–Kier alpha value is -2.55. The van der Waals surface area contributed by atoms with Gasteiger partial charge in [-0.2, -0.15) is 0 Å². The maximum absolute atomic E-state index is 12.7. The highest BCUT2D eigenvalue weighted by molar-refractivity contribution is 7.47. The van der Waals surface area contributed by atoms with Gasteiger partial charge < -0.3 is 18.9 Å². The lowest BCUT2D eigenvalue weighted by Gasteiger charge is -2.24. The van der Waals surface area contributed by atoms with E-state index < -0.39 is 32.5 Å². The molecule has 0 aliphatic heterocycles. The first-order chi connectivity index (χ1) is 30.0. The fourth-order valence-corrected chi connectivity index (χ4v) is 7.06. The third-order valence-corrected chi connectivity index (χ3v) is 11.2. The van der Waals surface area contributed by atoms with E-state index in [9.17, 15) is 19.0 Å². The molecule has 0 saturated carbocycles. The van der Waals surface area contributed by atoms with E-state index in [0.717, 1.165) is 70.6 Å². The van der Waals surface area contributed by atoms with Crippen molar-refractivity contribution in [1.82, 2.24) is 0 Å². The Morgan fingerprint density at radius 1 is 0.500 bits per heavy atom. The highest BCUT2D eigenvalue weighted by Crippen LogP contribution is 2.43. The summed E-state index contributed by atoms with van der Waals surface area (Å²) < 4.78 is 34.4. The van der Waals surface area contributed by atoms with Gasteiger partial charge in [0.15, 0.2) is 6.10 Å². The van der Waals surface area contributed by atoms with Crippen LogP contribution >= 0.6 is 7.82 Å². The number of carbonyl (C=O) groups is 2. The second-order valence-electron chi connectivity index (χ2n) is 17.5. The van der Waals surface area contributed by atoms with Crippen molar-refractivity contribution >= 4 is 19.8 Å². The highest BCUT2D eigenvalue weighted by Gasteiger charge is 2.27. The molecule has 0 amide bonds. The van der Waals surface area contributed by atoms with Crippen LogP contribution in [0, 0.1) is 0 Å². The molecular formula is C52H93NO8P+. The first kappa shape index (κ1) is 59.5. The summed E-state index contributed by atoms with van der Waals surface area (Å²) in [6.07, 6.45) is 55.2. The number of carbonyl (C=O) groups excluding carboxylic acids is 2. The predicted octanol–water partition coefficient (Wildman–Crippen LogP) is 14.6. The van der Waals surface area contributed by atoms with E-state index in [1.165, 1.54) is 83.5 Å². The number of ether oxygens (including phenoxy) is 2. The summed E-state index contributed by atoms with van der Waals surface area (Å²) in [6.45, 7) is 4.33. The van der Waals surface area contributed by atoms with Crippen LogP contribution in [0.3, 0.4) is 0 Å². The van der Waals surface area contributed by atoms with Crippen LogP contribution in [0.1, 0.15) is 194 Å². The van der Waals surface area contributed by atoms with Crippen LogP contribution in [0.15, 0.2) is 72.9 Å². The van der Waals surface area contributed by atoms with E-state index in [2.05, 4.69) is 86.8 Å². The zero-order valence-electron chi connectivity index (χ0n) is 40.3. The number of nitrogens with zero attached hydrogens (tertiary/aromatic N) is 1. The number of allylic oxidation sites excluding steroid dienone is 12. The zero-order valence-corrected chi connectivity index (χ0v) is 41.2. The molecule has 10 heteroatoms. The van der Waals surface area contributed by atoms with Crippen molar-refractivity contribution in [2.75, 3.05) is 47.5 Å². The van der Waals surface area contributed by atoms with E-state index >= 15 is 0 Å². The molecule has 62 heavy (non-hydrogen) atoms. The smallest absolute Gasteiger partial charge is 0.462 e. The number of phosphoric ester groups is 1. The molecule has 0 aromatic carbocycles. The van der Waals surface area contributed by atoms with Gasteiger partial charge in [0.1, 0.15) is 19.8 Å². The number of phosphoric acid groups is 1. The maximum Gasteiger partial charge on any atom is 0.472 e. The fraction of sp³-hybridized carbons (Fsp3) is 0.731. The van der Waals surface area contributed by atoms with Gasteiger partial charge in [-0.15, -0.1) is 0 Å². The van der Waals surface area contributed by atoms with Gasteiger partial charge in [-0.1, -0.05) is 164 Å². The van der Waals surface area contributed by atoms with Gasteiger partial charge >= 0.3 is 19.8 Å². The molecule has 1 unspecified atom stereocenters. The molecule has 0 aromatic heterocycles. The van der Waals surface area contributed by atoms with Crippen molar-refractivity contribution in [3.05, 3.63) is 72.9 Å². The minimum absolute atomic E-state index is 0.0221. The van der Waals surface area contributed by atoms with Crippen LogP contribution in [0.2, 0.25) is 0 Å². The first-order valence-corrected chi connectivity index (χ1v) is 26.2. The molecule has 0 bridgehead atoms. The SMILES string of the molecule is CCCCC/C=C\C/C=C\C/C=C\C/C=C\CCCCCC(=O)OC[C@H](COP(=O)(O)OCC[N+](C)(C)C)OC(=O)CCCCCCCCCCC/C=C\C/C=C\CCCCC. The molecule has 0 heterocycles. The number of esters is 2.